The van der Waals surface area contributed by atoms with Gasteiger partial charge in [0.2, 0.25) is 0 Å². The van der Waals surface area contributed by atoms with Crippen LogP contribution in [0, 0.1) is 18.8 Å². The Bertz CT molecular complexity index is 1040. The molecule has 0 atom stereocenters. The predicted molar refractivity (Wildman–Crippen MR) is 135 cm³/mol. The number of nitrogens with one attached hydrogen (secondary N) is 1. The number of aryl methyl sites for hydroxylation is 1. The topological polar surface area (TPSA) is 71.8 Å². The summed E-state index contributed by atoms with van der Waals surface area (Å²) in [4.78, 5) is 28.7. The minimum Gasteiger partial charge on any atom is -0.486 e. The summed E-state index contributed by atoms with van der Waals surface area (Å²) in [6.07, 6.45) is 5.68. The van der Waals surface area contributed by atoms with Gasteiger partial charge in [-0.3, -0.25) is 9.59 Å². The van der Waals surface area contributed by atoms with Crippen LogP contribution in [-0.4, -0.2) is 48.4 Å². The van der Waals surface area contributed by atoms with E-state index in [4.69, 9.17) is 9.15 Å². The van der Waals surface area contributed by atoms with Gasteiger partial charge >= 0.3 is 0 Å². The Hall–Kier alpha value is -2.34. The molecule has 2 heterocycles. The van der Waals surface area contributed by atoms with E-state index in [1.807, 2.05) is 19.1 Å². The van der Waals surface area contributed by atoms with Crippen LogP contribution in [0.4, 0.5) is 0 Å². The third-order valence-corrected chi connectivity index (χ3v) is 7.08. The average Bonchev–Trinajstić information content (AvgIpc) is 3.09. The summed E-state index contributed by atoms with van der Waals surface area (Å²) in [5.41, 5.74) is 1.50. The monoisotopic (exact) mass is 468 g/mol. The number of amides is 1. The summed E-state index contributed by atoms with van der Waals surface area (Å²) in [5.74, 6) is 1.94. The molecule has 1 aliphatic heterocycles. The number of carbonyl (C=O) groups excluding carboxylic acids is 2. The van der Waals surface area contributed by atoms with Crippen molar-refractivity contribution in [1.82, 2.24) is 10.2 Å². The maximum absolute atomic E-state index is 13.3. The summed E-state index contributed by atoms with van der Waals surface area (Å²) in [7, 11) is 0. The molecule has 1 fully saturated rings. The number of fused-ring (bicyclic) bond motifs is 3. The fourth-order valence-corrected chi connectivity index (χ4v) is 5.72. The first-order valence-corrected chi connectivity index (χ1v) is 13.0. The summed E-state index contributed by atoms with van der Waals surface area (Å²) >= 11 is 0. The number of Topliss-reactive ketones (excluding diaryl/α,β-unsaturated/α-hetero) is 1. The van der Waals surface area contributed by atoms with Crippen molar-refractivity contribution >= 4 is 22.7 Å². The highest BCUT2D eigenvalue weighted by Crippen LogP contribution is 2.45. The zero-order valence-corrected chi connectivity index (χ0v) is 21.5. The van der Waals surface area contributed by atoms with Gasteiger partial charge in [0.25, 0.3) is 5.91 Å². The Kier molecular flexibility index (Phi) is 7.36. The van der Waals surface area contributed by atoms with E-state index in [0.29, 0.717) is 47.3 Å². The van der Waals surface area contributed by atoms with Gasteiger partial charge in [-0.2, -0.15) is 0 Å². The standard InChI is InChI=1S/C28H40N2O4/c1-18(2)16-30(17-19(3)4)14-13-29-27(32)26-20(5)24-22(33-26)9-10-23-25(24)21(31)15-28(34-23)11-7-6-8-12-28/h9-10,18-19H,6-8,11-17H2,1-5H3,(H,29,32). The average molecular weight is 469 g/mol. The molecule has 0 unspecified atom stereocenters. The molecule has 186 valence electrons. The summed E-state index contributed by atoms with van der Waals surface area (Å²) in [6.45, 7) is 14.1. The van der Waals surface area contributed by atoms with Crippen molar-refractivity contribution in [3.8, 4) is 5.75 Å². The Morgan fingerprint density at radius 2 is 1.76 bits per heavy atom. The fraction of sp³-hybridized carbons (Fsp3) is 0.643. The first kappa shape index (κ1) is 24.8. The molecule has 1 amide bonds. The highest BCUT2D eigenvalue weighted by atomic mass is 16.5. The first-order chi connectivity index (χ1) is 16.2. The van der Waals surface area contributed by atoms with Crippen molar-refractivity contribution in [1.29, 1.82) is 0 Å². The van der Waals surface area contributed by atoms with Crippen molar-refractivity contribution in [2.45, 2.75) is 78.7 Å². The van der Waals surface area contributed by atoms with E-state index in [9.17, 15) is 9.59 Å². The van der Waals surface area contributed by atoms with E-state index in [-0.39, 0.29) is 23.1 Å². The Morgan fingerprint density at radius 3 is 2.41 bits per heavy atom. The molecule has 6 heteroatoms. The van der Waals surface area contributed by atoms with Gasteiger partial charge in [0.15, 0.2) is 11.5 Å². The van der Waals surface area contributed by atoms with Crippen molar-refractivity contribution in [2.24, 2.45) is 11.8 Å². The number of furan rings is 1. The van der Waals surface area contributed by atoms with Gasteiger partial charge in [-0.1, -0.05) is 34.1 Å². The van der Waals surface area contributed by atoms with Gasteiger partial charge in [0, 0.05) is 37.1 Å². The molecular formula is C28H40N2O4. The number of hydrogen-bond acceptors (Lipinski definition) is 5. The van der Waals surface area contributed by atoms with E-state index in [2.05, 4.69) is 37.9 Å². The van der Waals surface area contributed by atoms with Crippen LogP contribution in [0.15, 0.2) is 16.5 Å². The Morgan fingerprint density at radius 1 is 1.09 bits per heavy atom. The van der Waals surface area contributed by atoms with Crippen molar-refractivity contribution < 1.29 is 18.7 Å². The second-order valence-corrected chi connectivity index (χ2v) is 11.1. The molecule has 1 spiro atoms. The van der Waals surface area contributed by atoms with Crippen LogP contribution < -0.4 is 10.1 Å². The van der Waals surface area contributed by atoms with E-state index in [0.717, 1.165) is 50.7 Å². The lowest BCUT2D eigenvalue weighted by atomic mass is 9.78. The van der Waals surface area contributed by atoms with Gasteiger partial charge < -0.3 is 19.4 Å². The van der Waals surface area contributed by atoms with Gasteiger partial charge in [-0.15, -0.1) is 0 Å². The predicted octanol–water partition coefficient (Wildman–Crippen LogP) is 5.75. The van der Waals surface area contributed by atoms with E-state index in [1.54, 1.807) is 0 Å². The fourth-order valence-electron chi connectivity index (χ4n) is 5.72. The molecule has 6 nitrogen and oxygen atoms in total. The summed E-state index contributed by atoms with van der Waals surface area (Å²) in [5, 5.41) is 3.75. The summed E-state index contributed by atoms with van der Waals surface area (Å²) < 4.78 is 12.4. The lowest BCUT2D eigenvalue weighted by molar-refractivity contribution is 0.0139. The van der Waals surface area contributed by atoms with Crippen molar-refractivity contribution in [3.63, 3.8) is 0 Å². The number of nitrogens with zero attached hydrogens (tertiary/aromatic N) is 1. The van der Waals surface area contributed by atoms with Crippen LogP contribution >= 0.6 is 0 Å². The van der Waals surface area contributed by atoms with Crippen molar-refractivity contribution in [2.75, 3.05) is 26.2 Å². The minimum absolute atomic E-state index is 0.0996. The molecule has 2 aliphatic rings. The normalized spacial score (nSPS) is 17.6. The van der Waals surface area contributed by atoms with Crippen LogP contribution in [0.5, 0.6) is 5.75 Å². The van der Waals surface area contributed by atoms with Gasteiger partial charge in [0.1, 0.15) is 16.9 Å². The van der Waals surface area contributed by atoms with Gasteiger partial charge in [-0.05, 0) is 56.6 Å². The highest BCUT2D eigenvalue weighted by Gasteiger charge is 2.42. The molecule has 0 bridgehead atoms. The number of ketones is 1. The summed E-state index contributed by atoms with van der Waals surface area (Å²) in [6, 6.07) is 3.67. The second kappa shape index (κ2) is 10.1. The molecule has 2 aromatic rings. The van der Waals surface area contributed by atoms with Crippen molar-refractivity contribution in [3.05, 3.63) is 29.0 Å². The second-order valence-electron chi connectivity index (χ2n) is 11.1. The molecule has 4 rings (SSSR count). The van der Waals surface area contributed by atoms with Crippen LogP contribution in [0.1, 0.15) is 92.7 Å². The maximum atomic E-state index is 13.3. The Balaban J connectivity index is 1.51. The number of carbonyl (C=O) groups is 2. The largest absolute Gasteiger partial charge is 0.486 e. The number of ether oxygens (including phenoxy) is 1. The van der Waals surface area contributed by atoms with Crippen LogP contribution in [-0.2, 0) is 0 Å². The number of rotatable bonds is 8. The lowest BCUT2D eigenvalue weighted by Crippen LogP contribution is -2.43. The van der Waals surface area contributed by atoms with Gasteiger partial charge in [-0.25, -0.2) is 0 Å². The quantitative estimate of drug-likeness (QED) is 0.534. The minimum atomic E-state index is -0.355. The molecule has 1 aliphatic carbocycles. The molecule has 1 aromatic heterocycles. The number of benzene rings is 1. The first-order valence-electron chi connectivity index (χ1n) is 13.0. The third-order valence-electron chi connectivity index (χ3n) is 7.08. The molecule has 1 aromatic carbocycles. The lowest BCUT2D eigenvalue weighted by Gasteiger charge is -2.40. The number of hydrogen-bond donors (Lipinski definition) is 1. The molecule has 34 heavy (non-hydrogen) atoms. The smallest absolute Gasteiger partial charge is 0.287 e. The van der Waals surface area contributed by atoms with Crippen LogP contribution in [0.3, 0.4) is 0 Å². The van der Waals surface area contributed by atoms with E-state index in [1.165, 1.54) is 6.42 Å². The van der Waals surface area contributed by atoms with Gasteiger partial charge in [0.05, 0.1) is 12.0 Å². The SMILES string of the molecule is Cc1c(C(=O)NCCN(CC(C)C)CC(C)C)oc2ccc3c(c12)C(=O)CC1(CCCCC1)O3. The molecule has 0 saturated heterocycles. The Labute approximate surface area is 203 Å². The van der Waals surface area contributed by atoms with E-state index >= 15 is 0 Å². The molecular weight excluding hydrogens is 428 g/mol. The highest BCUT2D eigenvalue weighted by molar-refractivity contribution is 6.13. The zero-order chi connectivity index (χ0) is 24.5. The zero-order valence-electron chi connectivity index (χ0n) is 21.5. The third kappa shape index (κ3) is 5.17. The van der Waals surface area contributed by atoms with Crippen LogP contribution in [0.2, 0.25) is 0 Å². The molecule has 0 radical (unpaired) electrons. The van der Waals surface area contributed by atoms with Crippen LogP contribution in [0.25, 0.3) is 11.0 Å². The maximum Gasteiger partial charge on any atom is 0.287 e. The van der Waals surface area contributed by atoms with E-state index < -0.39 is 0 Å². The molecule has 1 saturated carbocycles. The molecule has 1 N–H and O–H groups in total.